The van der Waals surface area contributed by atoms with Crippen molar-refractivity contribution < 1.29 is 14.3 Å². The van der Waals surface area contributed by atoms with Gasteiger partial charge in [0, 0.05) is 32.3 Å². The summed E-state index contributed by atoms with van der Waals surface area (Å²) in [4.78, 5) is 25.3. The highest BCUT2D eigenvalue weighted by molar-refractivity contribution is 6.31. The molecule has 0 aromatic heterocycles. The molecule has 0 aliphatic rings. The summed E-state index contributed by atoms with van der Waals surface area (Å²) in [7, 11) is 0. The van der Waals surface area contributed by atoms with Crippen molar-refractivity contribution in [3.63, 3.8) is 0 Å². The van der Waals surface area contributed by atoms with E-state index >= 15 is 0 Å². The summed E-state index contributed by atoms with van der Waals surface area (Å²) in [6, 6.07) is 27.3. The molecule has 5 heteroatoms. The van der Waals surface area contributed by atoms with Crippen molar-refractivity contribution in [2.75, 3.05) is 0 Å². The van der Waals surface area contributed by atoms with E-state index < -0.39 is 0 Å². The zero-order valence-electron chi connectivity index (χ0n) is 16.2. The highest BCUT2D eigenvalue weighted by Gasteiger charge is 2.12. The molecule has 0 aliphatic carbocycles. The van der Waals surface area contributed by atoms with E-state index in [0.29, 0.717) is 43.8 Å². The number of ether oxygens (including phenoxy) is 1. The third-order valence-corrected chi connectivity index (χ3v) is 5.17. The van der Waals surface area contributed by atoms with Gasteiger partial charge in [0.15, 0.2) is 11.6 Å². The first kappa shape index (κ1) is 20.9. The Labute approximate surface area is 189 Å². The summed E-state index contributed by atoms with van der Waals surface area (Å²) >= 11 is 11.8. The minimum absolute atomic E-state index is 0.0984. The van der Waals surface area contributed by atoms with Gasteiger partial charge in [-0.25, -0.2) is 0 Å². The van der Waals surface area contributed by atoms with E-state index in [-0.39, 0.29) is 11.6 Å². The van der Waals surface area contributed by atoms with Crippen molar-refractivity contribution in [1.82, 2.24) is 0 Å². The Kier molecular flexibility index (Phi) is 6.17. The SMILES string of the molecule is O=C(c1ccc(Cl)cc1)c1ccc(Oc2cccc(C(=O)c3ccc(Cl)cc3)c2)cc1. The van der Waals surface area contributed by atoms with Crippen LogP contribution in [0.25, 0.3) is 0 Å². The van der Waals surface area contributed by atoms with Crippen LogP contribution in [0.1, 0.15) is 31.8 Å². The van der Waals surface area contributed by atoms with Gasteiger partial charge in [-0.1, -0.05) is 35.3 Å². The third kappa shape index (κ3) is 5.02. The van der Waals surface area contributed by atoms with Gasteiger partial charge in [-0.2, -0.15) is 0 Å². The predicted molar refractivity (Wildman–Crippen MR) is 123 cm³/mol. The number of hydrogen-bond acceptors (Lipinski definition) is 3. The maximum atomic E-state index is 12.7. The fourth-order valence-corrected chi connectivity index (χ4v) is 3.30. The molecule has 0 saturated heterocycles. The Morgan fingerprint density at radius 3 is 1.48 bits per heavy atom. The van der Waals surface area contributed by atoms with Crippen molar-refractivity contribution in [2.45, 2.75) is 0 Å². The minimum Gasteiger partial charge on any atom is -0.457 e. The molecule has 0 aliphatic heterocycles. The topological polar surface area (TPSA) is 43.4 Å². The Hall–Kier alpha value is -3.40. The third-order valence-electron chi connectivity index (χ3n) is 4.66. The lowest BCUT2D eigenvalue weighted by Crippen LogP contribution is -2.01. The normalized spacial score (nSPS) is 10.5. The molecule has 0 saturated carbocycles. The van der Waals surface area contributed by atoms with Gasteiger partial charge in [0.25, 0.3) is 0 Å². The van der Waals surface area contributed by atoms with Crippen LogP contribution in [0, 0.1) is 0 Å². The van der Waals surface area contributed by atoms with E-state index in [1.54, 1.807) is 97.1 Å². The molecule has 3 nitrogen and oxygen atoms in total. The van der Waals surface area contributed by atoms with Gasteiger partial charge in [-0.05, 0) is 84.9 Å². The van der Waals surface area contributed by atoms with Crippen molar-refractivity contribution in [3.8, 4) is 11.5 Å². The van der Waals surface area contributed by atoms with Gasteiger partial charge in [-0.15, -0.1) is 0 Å². The second kappa shape index (κ2) is 9.17. The van der Waals surface area contributed by atoms with E-state index in [0.717, 1.165) is 0 Å². The number of hydrogen-bond donors (Lipinski definition) is 0. The number of carbonyl (C=O) groups excluding carboxylic acids is 2. The Morgan fingerprint density at radius 1 is 0.516 bits per heavy atom. The molecular formula is C26H16Cl2O3. The van der Waals surface area contributed by atoms with Gasteiger partial charge >= 0.3 is 0 Å². The first-order chi connectivity index (χ1) is 15.0. The summed E-state index contributed by atoms with van der Waals surface area (Å²) in [6.07, 6.45) is 0. The monoisotopic (exact) mass is 446 g/mol. The lowest BCUT2D eigenvalue weighted by atomic mass is 10.0. The van der Waals surface area contributed by atoms with E-state index in [4.69, 9.17) is 27.9 Å². The Morgan fingerprint density at radius 2 is 0.968 bits per heavy atom. The molecule has 0 fully saturated rings. The number of carbonyl (C=O) groups is 2. The molecule has 0 N–H and O–H groups in total. The number of benzene rings is 4. The molecule has 152 valence electrons. The molecule has 0 spiro atoms. The van der Waals surface area contributed by atoms with Crippen LogP contribution in [0.3, 0.4) is 0 Å². The number of rotatable bonds is 6. The molecule has 0 amide bonds. The van der Waals surface area contributed by atoms with E-state index in [1.165, 1.54) is 0 Å². The second-order valence-corrected chi connectivity index (χ2v) is 7.70. The first-order valence-corrected chi connectivity index (χ1v) is 10.2. The van der Waals surface area contributed by atoms with Crippen LogP contribution >= 0.6 is 23.2 Å². The van der Waals surface area contributed by atoms with Gasteiger partial charge in [0.1, 0.15) is 11.5 Å². The lowest BCUT2D eigenvalue weighted by molar-refractivity contribution is 0.103. The lowest BCUT2D eigenvalue weighted by Gasteiger charge is -2.09. The molecule has 0 bridgehead atoms. The molecule has 4 rings (SSSR count). The fourth-order valence-electron chi connectivity index (χ4n) is 3.05. The smallest absolute Gasteiger partial charge is 0.193 e. The molecule has 31 heavy (non-hydrogen) atoms. The van der Waals surface area contributed by atoms with Crippen LogP contribution in [0.15, 0.2) is 97.1 Å². The highest BCUT2D eigenvalue weighted by Crippen LogP contribution is 2.25. The van der Waals surface area contributed by atoms with E-state index in [2.05, 4.69) is 0 Å². The van der Waals surface area contributed by atoms with Gasteiger partial charge in [0.05, 0.1) is 0 Å². The molecule has 0 unspecified atom stereocenters. The predicted octanol–water partition coefficient (Wildman–Crippen LogP) is 7.25. The zero-order valence-corrected chi connectivity index (χ0v) is 17.7. The molecule has 4 aromatic rings. The largest absolute Gasteiger partial charge is 0.457 e. The average Bonchev–Trinajstić information content (AvgIpc) is 2.80. The highest BCUT2D eigenvalue weighted by atomic mass is 35.5. The summed E-state index contributed by atoms with van der Waals surface area (Å²) in [5, 5.41) is 1.16. The van der Waals surface area contributed by atoms with Crippen molar-refractivity contribution in [3.05, 3.63) is 129 Å². The van der Waals surface area contributed by atoms with Crippen LogP contribution in [0.5, 0.6) is 11.5 Å². The molecule has 4 aromatic carbocycles. The fraction of sp³-hybridized carbons (Fsp3) is 0. The molecule has 0 atom stereocenters. The van der Waals surface area contributed by atoms with Crippen molar-refractivity contribution >= 4 is 34.8 Å². The second-order valence-electron chi connectivity index (χ2n) is 6.83. The molecule has 0 radical (unpaired) electrons. The Bertz CT molecular complexity index is 1230. The standard InChI is InChI=1S/C26H16Cl2O3/c27-21-10-4-17(5-11-21)25(29)19-8-14-23(15-9-19)31-24-3-1-2-20(16-24)26(30)18-6-12-22(28)13-7-18/h1-16H. The summed E-state index contributed by atoms with van der Waals surface area (Å²) < 4.78 is 5.88. The van der Waals surface area contributed by atoms with E-state index in [1.807, 2.05) is 0 Å². The van der Waals surface area contributed by atoms with Crippen LogP contribution < -0.4 is 4.74 Å². The zero-order chi connectivity index (χ0) is 21.8. The maximum Gasteiger partial charge on any atom is 0.193 e. The average molecular weight is 447 g/mol. The number of ketones is 2. The quantitative estimate of drug-likeness (QED) is 0.293. The summed E-state index contributed by atoms with van der Waals surface area (Å²) in [6.45, 7) is 0. The van der Waals surface area contributed by atoms with Crippen LogP contribution in [0.2, 0.25) is 10.0 Å². The van der Waals surface area contributed by atoms with Crippen LogP contribution in [0.4, 0.5) is 0 Å². The van der Waals surface area contributed by atoms with Gasteiger partial charge in [-0.3, -0.25) is 9.59 Å². The number of halogens is 2. The maximum absolute atomic E-state index is 12.7. The molecular weight excluding hydrogens is 431 g/mol. The van der Waals surface area contributed by atoms with Gasteiger partial charge in [0.2, 0.25) is 0 Å². The van der Waals surface area contributed by atoms with Crippen LogP contribution in [-0.4, -0.2) is 11.6 Å². The Balaban J connectivity index is 1.49. The minimum atomic E-state index is -0.119. The molecule has 0 heterocycles. The van der Waals surface area contributed by atoms with Crippen molar-refractivity contribution in [2.24, 2.45) is 0 Å². The van der Waals surface area contributed by atoms with E-state index in [9.17, 15) is 9.59 Å². The summed E-state index contributed by atoms with van der Waals surface area (Å²) in [5.74, 6) is 0.866. The van der Waals surface area contributed by atoms with Crippen LogP contribution in [-0.2, 0) is 0 Å². The van der Waals surface area contributed by atoms with Crippen molar-refractivity contribution in [1.29, 1.82) is 0 Å². The van der Waals surface area contributed by atoms with Gasteiger partial charge < -0.3 is 4.74 Å². The summed E-state index contributed by atoms with van der Waals surface area (Å²) in [5.41, 5.74) is 2.16. The first-order valence-electron chi connectivity index (χ1n) is 9.48.